The maximum atomic E-state index is 12.0. The standard InChI is InChI=1S/C15H22F2N2O2/c1-3-4-5-10-18-14(20)11(2)19-12-6-8-13(9-7-12)21-15(16)17/h6-9,11,15,19H,3-5,10H2,1-2H3,(H,18,20). The lowest BCUT2D eigenvalue weighted by Gasteiger charge is -2.15. The summed E-state index contributed by atoms with van der Waals surface area (Å²) < 4.78 is 28.3. The molecule has 1 atom stereocenters. The number of benzene rings is 1. The molecule has 0 fully saturated rings. The Balaban J connectivity index is 2.39. The Morgan fingerprint density at radius 3 is 2.48 bits per heavy atom. The molecule has 21 heavy (non-hydrogen) atoms. The van der Waals surface area contributed by atoms with Gasteiger partial charge in [0.1, 0.15) is 11.8 Å². The van der Waals surface area contributed by atoms with Crippen LogP contribution in [0, 0.1) is 0 Å². The van der Waals surface area contributed by atoms with Crippen LogP contribution in [0.2, 0.25) is 0 Å². The first-order valence-electron chi connectivity index (χ1n) is 7.12. The number of halogens is 2. The monoisotopic (exact) mass is 300 g/mol. The smallest absolute Gasteiger partial charge is 0.387 e. The van der Waals surface area contributed by atoms with Crippen LogP contribution in [0.4, 0.5) is 14.5 Å². The molecule has 1 unspecified atom stereocenters. The van der Waals surface area contributed by atoms with Gasteiger partial charge in [-0.05, 0) is 37.6 Å². The first-order chi connectivity index (χ1) is 10.0. The molecule has 0 saturated heterocycles. The van der Waals surface area contributed by atoms with Gasteiger partial charge in [0.05, 0.1) is 0 Å². The normalized spacial score (nSPS) is 12.0. The number of carbonyl (C=O) groups excluding carboxylic acids is 1. The second-order valence-electron chi connectivity index (χ2n) is 4.77. The number of anilines is 1. The van der Waals surface area contributed by atoms with Gasteiger partial charge in [-0.15, -0.1) is 0 Å². The lowest BCUT2D eigenvalue weighted by molar-refractivity contribution is -0.121. The van der Waals surface area contributed by atoms with Gasteiger partial charge in [-0.3, -0.25) is 4.79 Å². The number of hydrogen-bond donors (Lipinski definition) is 2. The minimum Gasteiger partial charge on any atom is -0.435 e. The van der Waals surface area contributed by atoms with E-state index in [1.807, 2.05) is 0 Å². The number of alkyl halides is 2. The van der Waals surface area contributed by atoms with Gasteiger partial charge >= 0.3 is 6.61 Å². The molecule has 0 aliphatic heterocycles. The Kier molecular flexibility index (Phi) is 7.50. The summed E-state index contributed by atoms with van der Waals surface area (Å²) >= 11 is 0. The van der Waals surface area contributed by atoms with Crippen molar-refractivity contribution in [2.75, 3.05) is 11.9 Å². The van der Waals surface area contributed by atoms with Crippen LogP contribution in [0.1, 0.15) is 33.1 Å². The van der Waals surface area contributed by atoms with Crippen molar-refractivity contribution in [3.05, 3.63) is 24.3 Å². The van der Waals surface area contributed by atoms with Crippen LogP contribution in [0.3, 0.4) is 0 Å². The summed E-state index contributed by atoms with van der Waals surface area (Å²) in [5.74, 6) is 0.00577. The molecule has 0 aliphatic rings. The lowest BCUT2D eigenvalue weighted by Crippen LogP contribution is -2.38. The van der Waals surface area contributed by atoms with E-state index in [1.54, 1.807) is 19.1 Å². The van der Waals surface area contributed by atoms with Gasteiger partial charge in [0.15, 0.2) is 0 Å². The van der Waals surface area contributed by atoms with Gasteiger partial charge in [-0.2, -0.15) is 8.78 Å². The van der Waals surface area contributed by atoms with Crippen LogP contribution in [0.5, 0.6) is 5.75 Å². The zero-order valence-electron chi connectivity index (χ0n) is 12.4. The van der Waals surface area contributed by atoms with Gasteiger partial charge in [-0.25, -0.2) is 0 Å². The SMILES string of the molecule is CCCCCNC(=O)C(C)Nc1ccc(OC(F)F)cc1. The number of amides is 1. The fraction of sp³-hybridized carbons (Fsp3) is 0.533. The Labute approximate surface area is 123 Å². The lowest BCUT2D eigenvalue weighted by atomic mass is 10.2. The molecule has 0 spiro atoms. The zero-order valence-corrected chi connectivity index (χ0v) is 12.4. The zero-order chi connectivity index (χ0) is 15.7. The topological polar surface area (TPSA) is 50.4 Å². The van der Waals surface area contributed by atoms with Gasteiger partial charge < -0.3 is 15.4 Å². The molecular formula is C15H22F2N2O2. The molecule has 1 aromatic carbocycles. The Morgan fingerprint density at radius 2 is 1.90 bits per heavy atom. The molecule has 4 nitrogen and oxygen atoms in total. The van der Waals surface area contributed by atoms with Crippen molar-refractivity contribution in [3.63, 3.8) is 0 Å². The summed E-state index contributed by atoms with van der Waals surface area (Å²) in [6.45, 7) is 1.68. The van der Waals surface area contributed by atoms with Crippen molar-refractivity contribution in [3.8, 4) is 5.75 Å². The minimum absolute atomic E-state index is 0.0842. The van der Waals surface area contributed by atoms with E-state index in [2.05, 4.69) is 22.3 Å². The second-order valence-corrected chi connectivity index (χ2v) is 4.77. The number of hydrogen-bond acceptors (Lipinski definition) is 3. The third kappa shape index (κ3) is 6.92. The van der Waals surface area contributed by atoms with E-state index in [0.29, 0.717) is 12.2 Å². The number of carbonyl (C=O) groups is 1. The summed E-state index contributed by atoms with van der Waals surface area (Å²) in [4.78, 5) is 11.8. The number of unbranched alkanes of at least 4 members (excludes halogenated alkanes) is 2. The highest BCUT2D eigenvalue weighted by atomic mass is 19.3. The highest BCUT2D eigenvalue weighted by Crippen LogP contribution is 2.18. The largest absolute Gasteiger partial charge is 0.435 e. The molecule has 6 heteroatoms. The molecule has 2 N–H and O–H groups in total. The summed E-state index contributed by atoms with van der Waals surface area (Å²) in [6, 6.07) is 5.66. The Morgan fingerprint density at radius 1 is 1.24 bits per heavy atom. The van der Waals surface area contributed by atoms with E-state index in [-0.39, 0.29) is 11.7 Å². The van der Waals surface area contributed by atoms with Gasteiger partial charge in [0.2, 0.25) is 5.91 Å². The predicted molar refractivity (Wildman–Crippen MR) is 78.7 cm³/mol. The van der Waals surface area contributed by atoms with E-state index in [1.165, 1.54) is 12.1 Å². The first-order valence-corrected chi connectivity index (χ1v) is 7.12. The molecule has 1 rings (SSSR count). The number of nitrogens with one attached hydrogen (secondary N) is 2. The van der Waals surface area contributed by atoms with E-state index in [0.717, 1.165) is 19.3 Å². The first kappa shape index (κ1) is 17.2. The highest BCUT2D eigenvalue weighted by molar-refractivity contribution is 5.84. The third-order valence-corrected chi connectivity index (χ3v) is 2.94. The van der Waals surface area contributed by atoms with Gasteiger partial charge in [0, 0.05) is 12.2 Å². The molecule has 118 valence electrons. The number of rotatable bonds is 9. The van der Waals surface area contributed by atoms with Crippen molar-refractivity contribution in [2.45, 2.75) is 45.8 Å². The predicted octanol–water partition coefficient (Wildman–Crippen LogP) is 3.39. The molecule has 0 aromatic heterocycles. The maximum Gasteiger partial charge on any atom is 0.387 e. The molecule has 0 radical (unpaired) electrons. The average Bonchev–Trinajstić information content (AvgIpc) is 2.45. The van der Waals surface area contributed by atoms with Crippen molar-refractivity contribution in [1.29, 1.82) is 0 Å². The summed E-state index contributed by atoms with van der Waals surface area (Å²) in [5.41, 5.74) is 0.674. The van der Waals surface area contributed by atoms with Gasteiger partial charge in [-0.1, -0.05) is 19.8 Å². The average molecular weight is 300 g/mol. The molecule has 0 saturated carbocycles. The Hall–Kier alpha value is -1.85. The fourth-order valence-electron chi connectivity index (χ4n) is 1.79. The van der Waals surface area contributed by atoms with Crippen molar-refractivity contribution < 1.29 is 18.3 Å². The highest BCUT2D eigenvalue weighted by Gasteiger charge is 2.12. The van der Waals surface area contributed by atoms with Crippen molar-refractivity contribution >= 4 is 11.6 Å². The van der Waals surface area contributed by atoms with Crippen LogP contribution in [-0.2, 0) is 4.79 Å². The van der Waals surface area contributed by atoms with Gasteiger partial charge in [0.25, 0.3) is 0 Å². The summed E-state index contributed by atoms with van der Waals surface area (Å²) in [7, 11) is 0. The molecule has 0 bridgehead atoms. The fourth-order valence-corrected chi connectivity index (χ4v) is 1.79. The summed E-state index contributed by atoms with van der Waals surface area (Å²) in [5, 5.41) is 5.86. The second kappa shape index (κ2) is 9.15. The van der Waals surface area contributed by atoms with Crippen molar-refractivity contribution in [1.82, 2.24) is 5.32 Å². The quantitative estimate of drug-likeness (QED) is 0.687. The summed E-state index contributed by atoms with van der Waals surface area (Å²) in [6.07, 6.45) is 3.17. The van der Waals surface area contributed by atoms with Crippen LogP contribution >= 0.6 is 0 Å². The Bertz CT molecular complexity index is 424. The molecule has 0 aliphatic carbocycles. The van der Waals surface area contributed by atoms with E-state index in [9.17, 15) is 13.6 Å². The van der Waals surface area contributed by atoms with Crippen LogP contribution in [0.15, 0.2) is 24.3 Å². The van der Waals surface area contributed by atoms with E-state index >= 15 is 0 Å². The van der Waals surface area contributed by atoms with Crippen LogP contribution in [0.25, 0.3) is 0 Å². The minimum atomic E-state index is -2.84. The molecular weight excluding hydrogens is 278 g/mol. The third-order valence-electron chi connectivity index (χ3n) is 2.94. The van der Waals surface area contributed by atoms with Crippen LogP contribution < -0.4 is 15.4 Å². The van der Waals surface area contributed by atoms with Crippen molar-refractivity contribution in [2.24, 2.45) is 0 Å². The van der Waals surface area contributed by atoms with E-state index in [4.69, 9.17) is 0 Å². The van der Waals surface area contributed by atoms with E-state index < -0.39 is 12.7 Å². The van der Waals surface area contributed by atoms with Crippen LogP contribution in [-0.4, -0.2) is 25.1 Å². The molecule has 1 amide bonds. The molecule has 1 aromatic rings. The maximum absolute atomic E-state index is 12.0. The number of ether oxygens (including phenoxy) is 1. The molecule has 0 heterocycles.